The van der Waals surface area contributed by atoms with E-state index in [1.54, 1.807) is 30.3 Å². The lowest BCUT2D eigenvalue weighted by Crippen LogP contribution is -2.00. The lowest BCUT2D eigenvalue weighted by Gasteiger charge is -2.06. The number of hydrogen-bond acceptors (Lipinski definition) is 6. The maximum atomic E-state index is 13.1. The zero-order chi connectivity index (χ0) is 16.1. The number of anilines is 2. The van der Waals surface area contributed by atoms with Gasteiger partial charge in [-0.15, -0.1) is 0 Å². The SMILES string of the molecule is N#Cc1ccc(Nc2ncnc(Oc3cccc(F)c3)n2)cc1. The van der Waals surface area contributed by atoms with Crippen LogP contribution in [0.2, 0.25) is 0 Å². The van der Waals surface area contributed by atoms with Crippen LogP contribution >= 0.6 is 0 Å². The molecule has 3 aromatic rings. The molecule has 0 saturated carbocycles. The summed E-state index contributed by atoms with van der Waals surface area (Å²) in [6.07, 6.45) is 1.29. The zero-order valence-electron chi connectivity index (χ0n) is 11.8. The van der Waals surface area contributed by atoms with E-state index in [4.69, 9.17) is 10.00 Å². The highest BCUT2D eigenvalue weighted by Gasteiger charge is 2.05. The summed E-state index contributed by atoms with van der Waals surface area (Å²) in [7, 11) is 0. The van der Waals surface area contributed by atoms with Gasteiger partial charge in [-0.05, 0) is 36.4 Å². The quantitative estimate of drug-likeness (QED) is 0.795. The number of nitrogens with zero attached hydrogens (tertiary/aromatic N) is 4. The first-order chi connectivity index (χ1) is 11.2. The van der Waals surface area contributed by atoms with E-state index >= 15 is 0 Å². The fraction of sp³-hybridized carbons (Fsp3) is 0. The predicted octanol–water partition coefficient (Wildman–Crippen LogP) is 3.42. The topological polar surface area (TPSA) is 83.7 Å². The molecule has 0 fully saturated rings. The molecule has 2 aromatic carbocycles. The second-order valence-corrected chi connectivity index (χ2v) is 4.47. The zero-order valence-corrected chi connectivity index (χ0v) is 11.8. The van der Waals surface area contributed by atoms with Gasteiger partial charge in [-0.3, -0.25) is 0 Å². The highest BCUT2D eigenvalue weighted by atomic mass is 19.1. The van der Waals surface area contributed by atoms with Crippen LogP contribution in [0, 0.1) is 17.1 Å². The van der Waals surface area contributed by atoms with E-state index in [1.807, 2.05) is 6.07 Å². The number of ether oxygens (including phenoxy) is 1. The summed E-state index contributed by atoms with van der Waals surface area (Å²) in [6, 6.07) is 14.6. The van der Waals surface area contributed by atoms with Crippen molar-refractivity contribution in [1.29, 1.82) is 5.26 Å². The summed E-state index contributed by atoms with van der Waals surface area (Å²) in [5.74, 6) is 0.157. The highest BCUT2D eigenvalue weighted by molar-refractivity contribution is 5.54. The predicted molar refractivity (Wildman–Crippen MR) is 80.7 cm³/mol. The van der Waals surface area contributed by atoms with Gasteiger partial charge in [0.05, 0.1) is 11.6 Å². The molecule has 7 heteroatoms. The molecule has 0 bridgehead atoms. The first-order valence-corrected chi connectivity index (χ1v) is 6.62. The van der Waals surface area contributed by atoms with Gasteiger partial charge < -0.3 is 10.1 Å². The van der Waals surface area contributed by atoms with Crippen molar-refractivity contribution in [2.24, 2.45) is 0 Å². The van der Waals surface area contributed by atoms with Gasteiger partial charge in [0.1, 0.15) is 17.9 Å². The summed E-state index contributed by atoms with van der Waals surface area (Å²) in [5.41, 5.74) is 1.27. The summed E-state index contributed by atoms with van der Waals surface area (Å²) in [4.78, 5) is 12.0. The maximum Gasteiger partial charge on any atom is 0.326 e. The van der Waals surface area contributed by atoms with Crippen molar-refractivity contribution in [1.82, 2.24) is 15.0 Å². The van der Waals surface area contributed by atoms with Crippen LogP contribution in [0.25, 0.3) is 0 Å². The average molecular weight is 307 g/mol. The van der Waals surface area contributed by atoms with E-state index in [2.05, 4.69) is 20.3 Å². The third-order valence-corrected chi connectivity index (χ3v) is 2.83. The number of aromatic nitrogens is 3. The highest BCUT2D eigenvalue weighted by Crippen LogP contribution is 2.20. The van der Waals surface area contributed by atoms with Crippen molar-refractivity contribution in [3.05, 3.63) is 66.2 Å². The second-order valence-electron chi connectivity index (χ2n) is 4.47. The first kappa shape index (κ1) is 14.4. The van der Waals surface area contributed by atoms with Crippen LogP contribution in [-0.4, -0.2) is 15.0 Å². The molecule has 0 radical (unpaired) electrons. The molecule has 0 aliphatic rings. The van der Waals surface area contributed by atoms with Crippen LogP contribution in [0.15, 0.2) is 54.9 Å². The van der Waals surface area contributed by atoms with E-state index in [-0.39, 0.29) is 12.0 Å². The van der Waals surface area contributed by atoms with Gasteiger partial charge in [0.2, 0.25) is 5.95 Å². The number of nitrogens with one attached hydrogen (secondary N) is 1. The van der Waals surface area contributed by atoms with Crippen molar-refractivity contribution < 1.29 is 9.13 Å². The van der Waals surface area contributed by atoms with Crippen molar-refractivity contribution in [3.8, 4) is 17.8 Å². The molecule has 6 nitrogen and oxygen atoms in total. The molecular weight excluding hydrogens is 297 g/mol. The molecule has 23 heavy (non-hydrogen) atoms. The smallest absolute Gasteiger partial charge is 0.326 e. The molecule has 3 rings (SSSR count). The molecule has 1 N–H and O–H groups in total. The van der Waals surface area contributed by atoms with Crippen molar-refractivity contribution in [3.63, 3.8) is 0 Å². The standard InChI is InChI=1S/C16H10FN5O/c17-12-2-1-3-14(8-12)23-16-20-10-19-15(22-16)21-13-6-4-11(9-18)5-7-13/h1-8,10H,(H,19,20,21,22). The Morgan fingerprint density at radius 3 is 2.65 bits per heavy atom. The van der Waals surface area contributed by atoms with Crippen LogP contribution in [-0.2, 0) is 0 Å². The Morgan fingerprint density at radius 1 is 1.09 bits per heavy atom. The Hall–Kier alpha value is -3.53. The van der Waals surface area contributed by atoms with E-state index in [9.17, 15) is 4.39 Å². The monoisotopic (exact) mass is 307 g/mol. The van der Waals surface area contributed by atoms with E-state index in [0.29, 0.717) is 17.0 Å². The molecule has 0 atom stereocenters. The maximum absolute atomic E-state index is 13.1. The van der Waals surface area contributed by atoms with E-state index < -0.39 is 5.82 Å². The summed E-state index contributed by atoms with van der Waals surface area (Å²) < 4.78 is 18.5. The molecule has 112 valence electrons. The lowest BCUT2D eigenvalue weighted by molar-refractivity contribution is 0.436. The van der Waals surface area contributed by atoms with Crippen molar-refractivity contribution in [2.75, 3.05) is 5.32 Å². The molecule has 0 unspecified atom stereocenters. The Kier molecular flexibility index (Phi) is 4.07. The van der Waals surface area contributed by atoms with Gasteiger partial charge in [-0.1, -0.05) is 6.07 Å². The van der Waals surface area contributed by atoms with Gasteiger partial charge in [0.15, 0.2) is 0 Å². The van der Waals surface area contributed by atoms with Gasteiger partial charge >= 0.3 is 6.01 Å². The fourth-order valence-electron chi connectivity index (χ4n) is 1.78. The minimum Gasteiger partial charge on any atom is -0.424 e. The summed E-state index contributed by atoms with van der Waals surface area (Å²) >= 11 is 0. The molecule has 0 aliphatic heterocycles. The van der Waals surface area contributed by atoms with Crippen LogP contribution in [0.3, 0.4) is 0 Å². The molecule has 1 aromatic heterocycles. The van der Waals surface area contributed by atoms with E-state index in [1.165, 1.54) is 24.5 Å². The average Bonchev–Trinajstić information content (AvgIpc) is 2.56. The second kappa shape index (κ2) is 6.49. The van der Waals surface area contributed by atoms with Crippen LogP contribution in [0.1, 0.15) is 5.56 Å². The first-order valence-electron chi connectivity index (χ1n) is 6.62. The number of halogens is 1. The number of benzene rings is 2. The molecule has 0 spiro atoms. The Balaban J connectivity index is 1.75. The Morgan fingerprint density at radius 2 is 1.91 bits per heavy atom. The third-order valence-electron chi connectivity index (χ3n) is 2.83. The van der Waals surface area contributed by atoms with E-state index in [0.717, 1.165) is 0 Å². The Bertz CT molecular complexity index is 861. The normalized spacial score (nSPS) is 9.91. The number of nitriles is 1. The molecule has 1 heterocycles. The minimum absolute atomic E-state index is 0.0433. The van der Waals surface area contributed by atoms with Gasteiger partial charge in [-0.25, -0.2) is 9.37 Å². The number of hydrogen-bond donors (Lipinski definition) is 1. The molecular formula is C16H10FN5O. The molecule has 0 amide bonds. The third kappa shape index (κ3) is 3.77. The summed E-state index contributed by atoms with van der Waals surface area (Å²) in [6.45, 7) is 0. The van der Waals surface area contributed by atoms with Gasteiger partial charge in [0.25, 0.3) is 0 Å². The number of rotatable bonds is 4. The van der Waals surface area contributed by atoms with Gasteiger partial charge in [-0.2, -0.15) is 15.2 Å². The molecule has 0 saturated heterocycles. The lowest BCUT2D eigenvalue weighted by atomic mass is 10.2. The largest absolute Gasteiger partial charge is 0.424 e. The minimum atomic E-state index is -0.410. The van der Waals surface area contributed by atoms with Crippen LogP contribution < -0.4 is 10.1 Å². The van der Waals surface area contributed by atoms with Crippen LogP contribution in [0.4, 0.5) is 16.0 Å². The summed E-state index contributed by atoms with van der Waals surface area (Å²) in [5, 5.41) is 11.7. The van der Waals surface area contributed by atoms with Crippen molar-refractivity contribution in [2.45, 2.75) is 0 Å². The molecule has 0 aliphatic carbocycles. The fourth-order valence-corrected chi connectivity index (χ4v) is 1.78. The van der Waals surface area contributed by atoms with Crippen molar-refractivity contribution >= 4 is 11.6 Å². The van der Waals surface area contributed by atoms with Crippen LogP contribution in [0.5, 0.6) is 11.8 Å². The van der Waals surface area contributed by atoms with Gasteiger partial charge in [0, 0.05) is 11.8 Å². The Labute approximate surface area is 131 Å².